The van der Waals surface area contributed by atoms with Gasteiger partial charge in [-0.25, -0.2) is 9.97 Å². The standard InChI is InChI=1S/C22H19N5O4/c1-13-11-25-21(27(13)18-8-4-5-9-24-18)22(30)26-16(19(28)20(23)29)10-14-12-31-17-7-3-2-6-15(14)17/h2-9,11-12,16H,10H2,1H3,(H2,23,29)(H,26,30). The van der Waals surface area contributed by atoms with Crippen LogP contribution < -0.4 is 11.1 Å². The van der Waals surface area contributed by atoms with Crippen molar-refractivity contribution in [3.8, 4) is 5.82 Å². The quantitative estimate of drug-likeness (QED) is 0.440. The summed E-state index contributed by atoms with van der Waals surface area (Å²) in [5.74, 6) is -2.14. The summed E-state index contributed by atoms with van der Waals surface area (Å²) >= 11 is 0. The number of hydrogen-bond acceptors (Lipinski definition) is 6. The van der Waals surface area contributed by atoms with E-state index in [2.05, 4.69) is 15.3 Å². The summed E-state index contributed by atoms with van der Waals surface area (Å²) in [6.45, 7) is 1.78. The van der Waals surface area contributed by atoms with Gasteiger partial charge in [0, 0.05) is 35.5 Å². The summed E-state index contributed by atoms with van der Waals surface area (Å²) < 4.78 is 7.06. The number of aryl methyl sites for hydroxylation is 1. The number of para-hydroxylation sites is 1. The van der Waals surface area contributed by atoms with E-state index in [4.69, 9.17) is 10.2 Å². The summed E-state index contributed by atoms with van der Waals surface area (Å²) in [5.41, 5.74) is 7.21. The third-order valence-corrected chi connectivity index (χ3v) is 4.87. The van der Waals surface area contributed by atoms with E-state index in [1.165, 1.54) is 12.5 Å². The van der Waals surface area contributed by atoms with E-state index in [9.17, 15) is 14.4 Å². The lowest BCUT2D eigenvalue weighted by Crippen LogP contribution is -2.47. The molecule has 3 aromatic heterocycles. The summed E-state index contributed by atoms with van der Waals surface area (Å²) in [4.78, 5) is 45.5. The molecule has 4 aromatic rings. The normalized spacial score (nSPS) is 11.9. The molecule has 0 saturated heterocycles. The Balaban J connectivity index is 1.65. The Kier molecular flexibility index (Phi) is 5.31. The second-order valence-corrected chi connectivity index (χ2v) is 6.96. The van der Waals surface area contributed by atoms with Crippen molar-refractivity contribution >= 4 is 28.6 Å². The maximum atomic E-state index is 13.0. The van der Waals surface area contributed by atoms with Crippen molar-refractivity contribution in [2.45, 2.75) is 19.4 Å². The number of carbonyl (C=O) groups excluding carboxylic acids is 3. The van der Waals surface area contributed by atoms with Crippen LogP contribution in [0.4, 0.5) is 0 Å². The number of rotatable bonds is 7. The molecule has 4 rings (SSSR count). The van der Waals surface area contributed by atoms with Gasteiger partial charge in [-0.1, -0.05) is 24.3 Å². The smallest absolute Gasteiger partial charge is 0.288 e. The van der Waals surface area contributed by atoms with Crippen molar-refractivity contribution in [1.82, 2.24) is 19.9 Å². The van der Waals surface area contributed by atoms with E-state index in [0.717, 1.165) is 5.39 Å². The molecule has 1 aromatic carbocycles. The third kappa shape index (κ3) is 3.93. The molecule has 0 bridgehead atoms. The van der Waals surface area contributed by atoms with E-state index >= 15 is 0 Å². The molecular weight excluding hydrogens is 398 g/mol. The zero-order chi connectivity index (χ0) is 22.0. The van der Waals surface area contributed by atoms with Gasteiger partial charge in [-0.3, -0.25) is 19.0 Å². The number of furan rings is 1. The molecule has 9 heteroatoms. The van der Waals surface area contributed by atoms with Crippen LogP contribution in [-0.2, 0) is 16.0 Å². The number of nitrogens with zero attached hydrogens (tertiary/aromatic N) is 3. The highest BCUT2D eigenvalue weighted by Crippen LogP contribution is 2.22. The van der Waals surface area contributed by atoms with E-state index < -0.39 is 23.6 Å². The van der Waals surface area contributed by atoms with Crippen LogP contribution in [0.5, 0.6) is 0 Å². The Hall–Kier alpha value is -4.27. The first-order valence-electron chi connectivity index (χ1n) is 9.51. The van der Waals surface area contributed by atoms with Gasteiger partial charge in [0.05, 0.1) is 6.26 Å². The van der Waals surface area contributed by atoms with E-state index in [1.807, 2.05) is 18.2 Å². The number of amides is 2. The number of pyridine rings is 1. The van der Waals surface area contributed by atoms with Crippen molar-refractivity contribution < 1.29 is 18.8 Å². The lowest BCUT2D eigenvalue weighted by Gasteiger charge is -2.16. The van der Waals surface area contributed by atoms with Crippen molar-refractivity contribution in [3.05, 3.63) is 78.2 Å². The fraction of sp³-hybridized carbons (Fsp3) is 0.136. The molecule has 0 aliphatic rings. The van der Waals surface area contributed by atoms with Crippen LogP contribution in [0.1, 0.15) is 21.9 Å². The number of Topliss-reactive ketones (excluding diaryl/α,β-unsaturated/α-hetero) is 1. The number of fused-ring (bicyclic) bond motifs is 1. The Morgan fingerprint density at radius 3 is 2.65 bits per heavy atom. The van der Waals surface area contributed by atoms with Gasteiger partial charge >= 0.3 is 0 Å². The SMILES string of the molecule is Cc1cnc(C(=O)NC(Cc2coc3ccccc23)C(=O)C(N)=O)n1-c1ccccn1. The third-order valence-electron chi connectivity index (χ3n) is 4.87. The number of benzene rings is 1. The number of nitrogens with one attached hydrogen (secondary N) is 1. The molecule has 3 N–H and O–H groups in total. The maximum Gasteiger partial charge on any atom is 0.288 e. The van der Waals surface area contributed by atoms with Crippen LogP contribution in [0.3, 0.4) is 0 Å². The molecular formula is C22H19N5O4. The summed E-state index contributed by atoms with van der Waals surface area (Å²) in [6.07, 6.45) is 4.66. The van der Waals surface area contributed by atoms with Crippen molar-refractivity contribution in [2.24, 2.45) is 5.73 Å². The minimum atomic E-state index is -1.18. The van der Waals surface area contributed by atoms with Crippen LogP contribution in [0.25, 0.3) is 16.8 Å². The number of nitrogens with two attached hydrogens (primary N) is 1. The highest BCUT2D eigenvalue weighted by atomic mass is 16.3. The lowest BCUT2D eigenvalue weighted by molar-refractivity contribution is -0.137. The molecule has 3 heterocycles. The first-order chi connectivity index (χ1) is 15.0. The topological polar surface area (TPSA) is 133 Å². The van der Waals surface area contributed by atoms with Gasteiger partial charge in [-0.05, 0) is 25.1 Å². The van der Waals surface area contributed by atoms with Crippen LogP contribution in [0, 0.1) is 6.92 Å². The fourth-order valence-electron chi connectivity index (χ4n) is 3.39. The monoisotopic (exact) mass is 417 g/mol. The van der Waals surface area contributed by atoms with Crippen LogP contribution >= 0.6 is 0 Å². The fourth-order valence-corrected chi connectivity index (χ4v) is 3.39. The minimum absolute atomic E-state index is 0.0355. The zero-order valence-corrected chi connectivity index (χ0v) is 16.6. The zero-order valence-electron chi connectivity index (χ0n) is 16.6. The number of aromatic nitrogens is 3. The van der Waals surface area contributed by atoms with Crippen molar-refractivity contribution in [3.63, 3.8) is 0 Å². The predicted octanol–water partition coefficient (Wildman–Crippen LogP) is 1.72. The molecule has 0 fully saturated rings. The number of imidazole rings is 1. The Morgan fingerprint density at radius 1 is 1.13 bits per heavy atom. The molecule has 0 spiro atoms. The molecule has 9 nitrogen and oxygen atoms in total. The number of ketones is 1. The van der Waals surface area contributed by atoms with Gasteiger partial charge in [-0.15, -0.1) is 0 Å². The lowest BCUT2D eigenvalue weighted by atomic mass is 10.0. The van der Waals surface area contributed by atoms with Gasteiger partial charge in [0.25, 0.3) is 11.8 Å². The molecule has 0 aliphatic carbocycles. The van der Waals surface area contributed by atoms with Gasteiger partial charge in [0.15, 0.2) is 0 Å². The van der Waals surface area contributed by atoms with Gasteiger partial charge in [0.1, 0.15) is 17.4 Å². The maximum absolute atomic E-state index is 13.0. The molecule has 1 atom stereocenters. The number of carbonyl (C=O) groups is 3. The molecule has 0 aliphatic heterocycles. The Bertz CT molecular complexity index is 1280. The highest BCUT2D eigenvalue weighted by molar-refractivity contribution is 6.38. The average molecular weight is 417 g/mol. The molecule has 156 valence electrons. The largest absolute Gasteiger partial charge is 0.464 e. The van der Waals surface area contributed by atoms with Crippen molar-refractivity contribution in [1.29, 1.82) is 0 Å². The molecule has 1 unspecified atom stereocenters. The second-order valence-electron chi connectivity index (χ2n) is 6.96. The average Bonchev–Trinajstić information content (AvgIpc) is 3.37. The van der Waals surface area contributed by atoms with Gasteiger partial charge in [-0.2, -0.15) is 0 Å². The van der Waals surface area contributed by atoms with Gasteiger partial charge in [0.2, 0.25) is 11.6 Å². The first kappa shape index (κ1) is 20.0. The summed E-state index contributed by atoms with van der Waals surface area (Å²) in [7, 11) is 0. The Labute approximate surface area is 176 Å². The minimum Gasteiger partial charge on any atom is -0.464 e. The first-order valence-corrected chi connectivity index (χ1v) is 9.51. The van der Waals surface area contributed by atoms with Crippen molar-refractivity contribution in [2.75, 3.05) is 0 Å². The Morgan fingerprint density at radius 2 is 1.90 bits per heavy atom. The highest BCUT2D eigenvalue weighted by Gasteiger charge is 2.29. The molecule has 0 saturated carbocycles. The van der Waals surface area contributed by atoms with Crippen LogP contribution in [-0.4, -0.2) is 38.2 Å². The van der Waals surface area contributed by atoms with E-state index in [0.29, 0.717) is 22.7 Å². The summed E-state index contributed by atoms with van der Waals surface area (Å²) in [6, 6.07) is 11.4. The van der Waals surface area contributed by atoms with Crippen LogP contribution in [0.15, 0.2) is 65.5 Å². The number of hydrogen-bond donors (Lipinski definition) is 2. The molecule has 2 amide bonds. The predicted molar refractivity (Wildman–Crippen MR) is 111 cm³/mol. The molecule has 31 heavy (non-hydrogen) atoms. The van der Waals surface area contributed by atoms with Crippen LogP contribution in [0.2, 0.25) is 0 Å². The van der Waals surface area contributed by atoms with E-state index in [1.54, 1.807) is 42.0 Å². The summed E-state index contributed by atoms with van der Waals surface area (Å²) in [5, 5.41) is 3.38. The molecule has 0 radical (unpaired) electrons. The second kappa shape index (κ2) is 8.23. The number of primary amides is 1. The van der Waals surface area contributed by atoms with Gasteiger partial charge < -0.3 is 15.5 Å². The van der Waals surface area contributed by atoms with E-state index in [-0.39, 0.29) is 12.2 Å².